The van der Waals surface area contributed by atoms with Crippen LogP contribution in [0, 0.1) is 11.3 Å². The molecule has 1 aliphatic carbocycles. The topological polar surface area (TPSA) is 23.8 Å². The molecule has 0 aliphatic heterocycles. The third-order valence-electron chi connectivity index (χ3n) is 5.95. The van der Waals surface area contributed by atoms with E-state index in [1.165, 1.54) is 27.6 Å². The summed E-state index contributed by atoms with van der Waals surface area (Å²) in [6.07, 6.45) is 0. The number of halogens is 1. The highest BCUT2D eigenvalue weighted by Crippen LogP contribution is 2.51. The molecule has 0 bridgehead atoms. The maximum Gasteiger partial charge on any atom is 0.0998 e. The summed E-state index contributed by atoms with van der Waals surface area (Å²) in [5.41, 5.74) is 7.86. The summed E-state index contributed by atoms with van der Waals surface area (Å²) in [4.78, 5) is 0. The molecule has 5 aromatic carbocycles. The molecule has 0 radical (unpaired) electrons. The maximum atomic E-state index is 9.52. The quantitative estimate of drug-likeness (QED) is 0.282. The first-order valence-electron chi connectivity index (χ1n) is 9.55. The molecular weight excluding hydrogens is 374 g/mol. The normalized spacial score (nSPS) is 11.6. The molecule has 29 heavy (non-hydrogen) atoms. The van der Waals surface area contributed by atoms with E-state index >= 15 is 0 Å². The predicted molar refractivity (Wildman–Crippen MR) is 121 cm³/mol. The third kappa shape index (κ3) is 2.15. The Balaban J connectivity index is 1.76. The van der Waals surface area contributed by atoms with Crippen molar-refractivity contribution in [2.45, 2.75) is 0 Å². The first kappa shape index (κ1) is 16.4. The van der Waals surface area contributed by atoms with E-state index in [1.807, 2.05) is 36.4 Å². The van der Waals surface area contributed by atoms with Crippen molar-refractivity contribution >= 4 is 33.1 Å². The Kier molecular flexibility index (Phi) is 3.36. The molecule has 0 saturated carbocycles. The predicted octanol–water partition coefficient (Wildman–Crippen LogP) is 7.83. The highest BCUT2D eigenvalue weighted by molar-refractivity contribution is 6.39. The lowest BCUT2D eigenvalue weighted by Crippen LogP contribution is -1.88. The van der Waals surface area contributed by atoms with Gasteiger partial charge in [0.1, 0.15) is 0 Å². The molecule has 0 saturated heterocycles. The van der Waals surface area contributed by atoms with Crippen LogP contribution in [0.2, 0.25) is 5.02 Å². The van der Waals surface area contributed by atoms with Gasteiger partial charge >= 0.3 is 0 Å². The monoisotopic (exact) mass is 387 g/mol. The van der Waals surface area contributed by atoms with Crippen molar-refractivity contribution in [3.05, 3.63) is 95.5 Å². The van der Waals surface area contributed by atoms with Gasteiger partial charge in [0, 0.05) is 15.8 Å². The van der Waals surface area contributed by atoms with E-state index in [9.17, 15) is 5.26 Å². The van der Waals surface area contributed by atoms with Crippen molar-refractivity contribution < 1.29 is 0 Å². The van der Waals surface area contributed by atoms with Crippen molar-refractivity contribution in [1.29, 1.82) is 5.26 Å². The molecule has 0 atom stereocenters. The number of hydrogen-bond donors (Lipinski definition) is 0. The third-order valence-corrected chi connectivity index (χ3v) is 6.27. The number of hydrogen-bond acceptors (Lipinski definition) is 1. The van der Waals surface area contributed by atoms with Gasteiger partial charge in [0.05, 0.1) is 11.6 Å². The standard InChI is InChI=1S/C27H14ClN/c28-25-14-13-23-20-8-4-3-7-19(20)22-11-12-24(27(25)26(22)23)21-10-9-16(15-29)17-5-1-2-6-18(17)21/h1-14H. The van der Waals surface area contributed by atoms with Crippen LogP contribution in [0.3, 0.4) is 0 Å². The molecule has 0 heterocycles. The number of rotatable bonds is 1. The van der Waals surface area contributed by atoms with E-state index in [0.29, 0.717) is 5.56 Å². The Hall–Kier alpha value is -3.60. The Labute approximate surface area is 173 Å². The van der Waals surface area contributed by atoms with Crippen molar-refractivity contribution in [3.63, 3.8) is 0 Å². The van der Waals surface area contributed by atoms with Crippen LogP contribution in [0.25, 0.3) is 54.9 Å². The van der Waals surface area contributed by atoms with E-state index in [0.717, 1.165) is 32.3 Å². The highest BCUT2D eigenvalue weighted by Gasteiger charge is 2.24. The lowest BCUT2D eigenvalue weighted by Gasteiger charge is -2.14. The van der Waals surface area contributed by atoms with Crippen LogP contribution in [0.4, 0.5) is 0 Å². The summed E-state index contributed by atoms with van der Waals surface area (Å²) < 4.78 is 0. The summed E-state index contributed by atoms with van der Waals surface area (Å²) in [6, 6.07) is 31.4. The molecular formula is C27H14ClN. The van der Waals surface area contributed by atoms with Crippen LogP contribution in [0.5, 0.6) is 0 Å². The van der Waals surface area contributed by atoms with Crippen LogP contribution in [0.1, 0.15) is 5.56 Å². The van der Waals surface area contributed by atoms with E-state index in [-0.39, 0.29) is 0 Å². The average Bonchev–Trinajstić information content (AvgIpc) is 3.10. The summed E-state index contributed by atoms with van der Waals surface area (Å²) in [7, 11) is 0. The minimum atomic E-state index is 0.689. The lowest BCUT2D eigenvalue weighted by atomic mass is 9.90. The van der Waals surface area contributed by atoms with Crippen molar-refractivity contribution in [1.82, 2.24) is 0 Å². The fourth-order valence-electron chi connectivity index (χ4n) is 4.71. The molecule has 0 spiro atoms. The first-order chi connectivity index (χ1) is 14.3. The summed E-state index contributed by atoms with van der Waals surface area (Å²) in [6.45, 7) is 0. The van der Waals surface area contributed by atoms with E-state index in [2.05, 4.69) is 54.6 Å². The van der Waals surface area contributed by atoms with Gasteiger partial charge in [-0.25, -0.2) is 0 Å². The second kappa shape index (κ2) is 5.95. The van der Waals surface area contributed by atoms with Gasteiger partial charge in [-0.15, -0.1) is 0 Å². The Morgan fingerprint density at radius 3 is 1.76 bits per heavy atom. The molecule has 0 N–H and O–H groups in total. The fourth-order valence-corrected chi connectivity index (χ4v) is 4.97. The number of nitrogens with zero attached hydrogens (tertiary/aromatic N) is 1. The minimum absolute atomic E-state index is 0.689. The SMILES string of the molecule is N#Cc1ccc(-c2ccc3c4c(ccc(Cl)c24)-c2ccccc2-3)c2ccccc12. The zero-order chi connectivity index (χ0) is 19.5. The number of nitriles is 1. The van der Waals surface area contributed by atoms with Crippen LogP contribution in [-0.4, -0.2) is 0 Å². The van der Waals surface area contributed by atoms with E-state index in [4.69, 9.17) is 11.6 Å². The lowest BCUT2D eigenvalue weighted by molar-refractivity contribution is 1.50. The largest absolute Gasteiger partial charge is 0.192 e. The highest BCUT2D eigenvalue weighted by atomic mass is 35.5. The van der Waals surface area contributed by atoms with Crippen molar-refractivity contribution in [2.75, 3.05) is 0 Å². The van der Waals surface area contributed by atoms with Crippen molar-refractivity contribution in [3.8, 4) is 39.4 Å². The van der Waals surface area contributed by atoms with Gasteiger partial charge < -0.3 is 0 Å². The van der Waals surface area contributed by atoms with Crippen LogP contribution < -0.4 is 0 Å². The summed E-state index contributed by atoms with van der Waals surface area (Å²) >= 11 is 6.78. The zero-order valence-electron chi connectivity index (χ0n) is 15.4. The minimum Gasteiger partial charge on any atom is -0.192 e. The van der Waals surface area contributed by atoms with Gasteiger partial charge in [-0.05, 0) is 56.3 Å². The van der Waals surface area contributed by atoms with E-state index in [1.54, 1.807) is 0 Å². The Morgan fingerprint density at radius 2 is 1.07 bits per heavy atom. The smallest absolute Gasteiger partial charge is 0.0998 e. The second-order valence-electron chi connectivity index (χ2n) is 7.37. The molecule has 6 rings (SSSR count). The van der Waals surface area contributed by atoms with Gasteiger partial charge in [0.25, 0.3) is 0 Å². The molecule has 0 fully saturated rings. The van der Waals surface area contributed by atoms with Crippen LogP contribution in [0.15, 0.2) is 84.9 Å². The molecule has 1 aliphatic rings. The fraction of sp³-hybridized carbons (Fsp3) is 0. The Bertz CT molecular complexity index is 1490. The first-order valence-corrected chi connectivity index (χ1v) is 9.93. The zero-order valence-corrected chi connectivity index (χ0v) is 16.2. The maximum absolute atomic E-state index is 9.52. The van der Waals surface area contributed by atoms with Gasteiger partial charge in [0.2, 0.25) is 0 Å². The van der Waals surface area contributed by atoms with Gasteiger partial charge in [-0.2, -0.15) is 5.26 Å². The van der Waals surface area contributed by atoms with E-state index < -0.39 is 0 Å². The van der Waals surface area contributed by atoms with Crippen LogP contribution >= 0.6 is 11.6 Å². The van der Waals surface area contributed by atoms with Gasteiger partial charge in [0.15, 0.2) is 0 Å². The van der Waals surface area contributed by atoms with Gasteiger partial charge in [-0.1, -0.05) is 84.4 Å². The molecule has 2 heteroatoms. The number of benzene rings is 5. The average molecular weight is 388 g/mol. The molecule has 134 valence electrons. The van der Waals surface area contributed by atoms with Gasteiger partial charge in [-0.3, -0.25) is 0 Å². The molecule has 1 nitrogen and oxygen atoms in total. The second-order valence-corrected chi connectivity index (χ2v) is 7.78. The Morgan fingerprint density at radius 1 is 0.517 bits per heavy atom. The molecule has 0 unspecified atom stereocenters. The number of fused-ring (bicyclic) bond motifs is 4. The van der Waals surface area contributed by atoms with Crippen molar-refractivity contribution in [2.24, 2.45) is 0 Å². The van der Waals surface area contributed by atoms with Crippen LogP contribution in [-0.2, 0) is 0 Å². The molecule has 0 amide bonds. The summed E-state index contributed by atoms with van der Waals surface area (Å²) in [5, 5.41) is 14.6. The molecule has 0 aromatic heterocycles. The summed E-state index contributed by atoms with van der Waals surface area (Å²) in [5.74, 6) is 0. The molecule has 5 aromatic rings.